The number of nitrogens with zero attached hydrogens (tertiary/aromatic N) is 1. The van der Waals surface area contributed by atoms with Crippen LogP contribution in [0.15, 0.2) is 0 Å². The van der Waals surface area contributed by atoms with Crippen molar-refractivity contribution in [3.63, 3.8) is 0 Å². The second-order valence-electron chi connectivity index (χ2n) is 7.20. The fourth-order valence-corrected chi connectivity index (χ4v) is 3.67. The molecule has 110 valence electrons. The van der Waals surface area contributed by atoms with Crippen LogP contribution in [0.5, 0.6) is 0 Å². The minimum Gasteiger partial charge on any atom is -0.459 e. The van der Waals surface area contributed by atoms with Crippen LogP contribution in [0, 0.1) is 5.92 Å². The molecule has 2 unspecified atom stereocenters. The minimum absolute atomic E-state index is 0.0580. The number of carbonyl (C=O) groups is 1. The SMILES string of the molecule is CC(C(=O)OC(C)(C)C)N1CCCC1C1CCCC1. The quantitative estimate of drug-likeness (QED) is 0.734. The molecule has 2 aliphatic rings. The maximum absolute atomic E-state index is 12.2. The number of esters is 1. The standard InChI is InChI=1S/C16H29NO2/c1-12(15(18)19-16(2,3)4)17-11-7-10-14(17)13-8-5-6-9-13/h12-14H,5-11H2,1-4H3. The number of likely N-dealkylation sites (tertiary alicyclic amines) is 1. The lowest BCUT2D eigenvalue weighted by atomic mass is 9.95. The van der Waals surface area contributed by atoms with Gasteiger partial charge >= 0.3 is 5.97 Å². The molecular formula is C16H29NO2. The van der Waals surface area contributed by atoms with Gasteiger partial charge < -0.3 is 4.74 Å². The van der Waals surface area contributed by atoms with Crippen molar-refractivity contribution in [3.05, 3.63) is 0 Å². The van der Waals surface area contributed by atoms with E-state index in [4.69, 9.17) is 4.74 Å². The number of rotatable bonds is 3. The number of ether oxygens (including phenoxy) is 1. The third kappa shape index (κ3) is 3.71. The zero-order valence-electron chi connectivity index (χ0n) is 12.9. The third-order valence-corrected chi connectivity index (χ3v) is 4.53. The Labute approximate surface area is 117 Å². The first kappa shape index (κ1) is 14.8. The van der Waals surface area contributed by atoms with Crippen molar-refractivity contribution < 1.29 is 9.53 Å². The molecule has 0 radical (unpaired) electrons. The van der Waals surface area contributed by atoms with Gasteiger partial charge in [-0.3, -0.25) is 9.69 Å². The molecule has 0 N–H and O–H groups in total. The van der Waals surface area contributed by atoms with Crippen molar-refractivity contribution in [2.45, 2.75) is 83.9 Å². The Hall–Kier alpha value is -0.570. The Morgan fingerprint density at radius 1 is 1.16 bits per heavy atom. The molecule has 0 aromatic rings. The van der Waals surface area contributed by atoms with Gasteiger partial charge in [0.15, 0.2) is 0 Å². The predicted molar refractivity (Wildman–Crippen MR) is 77.0 cm³/mol. The molecule has 0 amide bonds. The van der Waals surface area contributed by atoms with Gasteiger partial charge in [-0.1, -0.05) is 12.8 Å². The van der Waals surface area contributed by atoms with Crippen LogP contribution in [0.1, 0.15) is 66.2 Å². The summed E-state index contributed by atoms with van der Waals surface area (Å²) < 4.78 is 5.54. The van der Waals surface area contributed by atoms with Gasteiger partial charge in [-0.25, -0.2) is 0 Å². The number of hydrogen-bond donors (Lipinski definition) is 0. The first-order valence-electron chi connectivity index (χ1n) is 7.87. The van der Waals surface area contributed by atoms with Gasteiger partial charge in [-0.15, -0.1) is 0 Å². The summed E-state index contributed by atoms with van der Waals surface area (Å²) >= 11 is 0. The van der Waals surface area contributed by atoms with Crippen LogP contribution in [0.3, 0.4) is 0 Å². The van der Waals surface area contributed by atoms with E-state index in [0.29, 0.717) is 6.04 Å². The average molecular weight is 267 g/mol. The molecule has 1 aliphatic carbocycles. The summed E-state index contributed by atoms with van der Waals surface area (Å²) in [6.07, 6.45) is 7.93. The highest BCUT2D eigenvalue weighted by molar-refractivity contribution is 5.75. The summed E-state index contributed by atoms with van der Waals surface area (Å²) in [7, 11) is 0. The second kappa shape index (κ2) is 5.82. The summed E-state index contributed by atoms with van der Waals surface area (Å²) in [6, 6.07) is 0.525. The molecule has 1 saturated heterocycles. The number of carbonyl (C=O) groups excluding carboxylic acids is 1. The summed E-state index contributed by atoms with van der Waals surface area (Å²) in [5, 5.41) is 0. The monoisotopic (exact) mass is 267 g/mol. The van der Waals surface area contributed by atoms with Crippen molar-refractivity contribution in [1.29, 1.82) is 0 Å². The first-order chi connectivity index (χ1) is 8.88. The van der Waals surface area contributed by atoms with Crippen molar-refractivity contribution in [2.75, 3.05) is 6.54 Å². The predicted octanol–water partition coefficient (Wildman–Crippen LogP) is 3.37. The van der Waals surface area contributed by atoms with Gasteiger partial charge in [0, 0.05) is 6.04 Å². The Morgan fingerprint density at radius 2 is 1.79 bits per heavy atom. The zero-order chi connectivity index (χ0) is 14.0. The molecule has 0 bridgehead atoms. The van der Waals surface area contributed by atoms with E-state index in [-0.39, 0.29) is 17.6 Å². The molecule has 3 heteroatoms. The van der Waals surface area contributed by atoms with Crippen molar-refractivity contribution in [2.24, 2.45) is 5.92 Å². The smallest absolute Gasteiger partial charge is 0.323 e. The Kier molecular flexibility index (Phi) is 4.54. The summed E-state index contributed by atoms with van der Waals surface area (Å²) in [5.41, 5.74) is -0.381. The Bertz CT molecular complexity index is 315. The maximum Gasteiger partial charge on any atom is 0.323 e. The van der Waals surface area contributed by atoms with Gasteiger partial charge in [-0.05, 0) is 65.8 Å². The van der Waals surface area contributed by atoms with E-state index >= 15 is 0 Å². The zero-order valence-corrected chi connectivity index (χ0v) is 12.9. The van der Waals surface area contributed by atoms with E-state index < -0.39 is 0 Å². The molecule has 2 rings (SSSR count). The average Bonchev–Trinajstić information content (AvgIpc) is 2.96. The van der Waals surface area contributed by atoms with Crippen molar-refractivity contribution >= 4 is 5.97 Å². The number of hydrogen-bond acceptors (Lipinski definition) is 3. The molecular weight excluding hydrogens is 238 g/mol. The van der Waals surface area contributed by atoms with E-state index in [1.807, 2.05) is 27.7 Å². The van der Waals surface area contributed by atoms with Crippen LogP contribution in [0.4, 0.5) is 0 Å². The largest absolute Gasteiger partial charge is 0.459 e. The third-order valence-electron chi connectivity index (χ3n) is 4.53. The molecule has 1 saturated carbocycles. The fourth-order valence-electron chi connectivity index (χ4n) is 3.67. The summed E-state index contributed by atoms with van der Waals surface area (Å²) in [6.45, 7) is 8.89. The molecule has 2 fully saturated rings. The topological polar surface area (TPSA) is 29.5 Å². The van der Waals surface area contributed by atoms with Gasteiger partial charge in [0.25, 0.3) is 0 Å². The molecule has 19 heavy (non-hydrogen) atoms. The summed E-state index contributed by atoms with van der Waals surface area (Å²) in [5.74, 6) is 0.754. The van der Waals surface area contributed by atoms with Gasteiger partial charge in [0.1, 0.15) is 11.6 Å². The summed E-state index contributed by atoms with van der Waals surface area (Å²) in [4.78, 5) is 14.6. The first-order valence-corrected chi connectivity index (χ1v) is 7.87. The van der Waals surface area contributed by atoms with Crippen molar-refractivity contribution in [1.82, 2.24) is 4.90 Å². The van der Waals surface area contributed by atoms with Crippen LogP contribution < -0.4 is 0 Å². The lowest BCUT2D eigenvalue weighted by Crippen LogP contribution is -2.47. The van der Waals surface area contributed by atoms with E-state index in [0.717, 1.165) is 12.5 Å². The van der Waals surface area contributed by atoms with E-state index in [9.17, 15) is 4.79 Å². The van der Waals surface area contributed by atoms with Gasteiger partial charge in [0.05, 0.1) is 0 Å². The molecule has 0 aromatic heterocycles. The molecule has 2 atom stereocenters. The Balaban J connectivity index is 1.96. The fraction of sp³-hybridized carbons (Fsp3) is 0.938. The normalized spacial score (nSPS) is 27.7. The molecule has 3 nitrogen and oxygen atoms in total. The van der Waals surface area contributed by atoms with Crippen LogP contribution in [0.25, 0.3) is 0 Å². The minimum atomic E-state index is -0.381. The van der Waals surface area contributed by atoms with Crippen LogP contribution in [-0.4, -0.2) is 35.1 Å². The van der Waals surface area contributed by atoms with E-state index in [2.05, 4.69) is 4.90 Å². The van der Waals surface area contributed by atoms with Crippen LogP contribution in [0.2, 0.25) is 0 Å². The lowest BCUT2D eigenvalue weighted by molar-refractivity contribution is -0.161. The van der Waals surface area contributed by atoms with Crippen molar-refractivity contribution in [3.8, 4) is 0 Å². The van der Waals surface area contributed by atoms with Gasteiger partial charge in [-0.2, -0.15) is 0 Å². The Morgan fingerprint density at radius 3 is 2.37 bits per heavy atom. The maximum atomic E-state index is 12.2. The molecule has 0 spiro atoms. The van der Waals surface area contributed by atoms with E-state index in [1.165, 1.54) is 38.5 Å². The second-order valence-corrected chi connectivity index (χ2v) is 7.20. The van der Waals surface area contributed by atoms with Crippen LogP contribution >= 0.6 is 0 Å². The highest BCUT2D eigenvalue weighted by Crippen LogP contribution is 2.36. The highest BCUT2D eigenvalue weighted by Gasteiger charge is 2.38. The lowest BCUT2D eigenvalue weighted by Gasteiger charge is -2.34. The molecule has 1 aliphatic heterocycles. The van der Waals surface area contributed by atoms with Crippen LogP contribution in [-0.2, 0) is 9.53 Å². The molecule has 0 aromatic carbocycles. The van der Waals surface area contributed by atoms with Gasteiger partial charge in [0.2, 0.25) is 0 Å². The molecule has 1 heterocycles. The highest BCUT2D eigenvalue weighted by atomic mass is 16.6. The van der Waals surface area contributed by atoms with E-state index in [1.54, 1.807) is 0 Å².